The standard InChI is InChI=1S/C21H26F2N2O/c1-15-12-18(19(21(22)23)25-10-8-24-9-11-25)13-16(2)20(15)26-14-17-6-4-3-5-7-17/h3-7,12-13,19,21,24H,8-11,14H2,1-2H3/t19-/m1/s1. The van der Waals surface area contributed by atoms with Crippen LogP contribution in [0, 0.1) is 13.8 Å². The first-order chi connectivity index (χ1) is 12.6. The number of piperazine rings is 1. The zero-order valence-corrected chi connectivity index (χ0v) is 15.3. The molecule has 1 aliphatic heterocycles. The molecule has 1 saturated heterocycles. The first-order valence-corrected chi connectivity index (χ1v) is 9.07. The van der Waals surface area contributed by atoms with Gasteiger partial charge in [0, 0.05) is 26.2 Å². The molecule has 0 aromatic heterocycles. The molecule has 140 valence electrons. The number of alkyl halides is 2. The normalized spacial score (nSPS) is 16.7. The highest BCUT2D eigenvalue weighted by Crippen LogP contribution is 2.33. The molecule has 3 nitrogen and oxygen atoms in total. The Balaban J connectivity index is 1.80. The Morgan fingerprint density at radius 2 is 1.65 bits per heavy atom. The number of hydrogen-bond acceptors (Lipinski definition) is 3. The van der Waals surface area contributed by atoms with Crippen LogP contribution in [0.5, 0.6) is 5.75 Å². The molecule has 0 saturated carbocycles. The van der Waals surface area contributed by atoms with Crippen molar-refractivity contribution in [3.05, 3.63) is 64.7 Å². The van der Waals surface area contributed by atoms with Gasteiger partial charge in [0.05, 0.1) is 6.04 Å². The predicted molar refractivity (Wildman–Crippen MR) is 99.9 cm³/mol. The zero-order valence-electron chi connectivity index (χ0n) is 15.3. The van der Waals surface area contributed by atoms with E-state index in [-0.39, 0.29) is 0 Å². The van der Waals surface area contributed by atoms with Crippen molar-refractivity contribution in [2.75, 3.05) is 26.2 Å². The Morgan fingerprint density at radius 3 is 2.23 bits per heavy atom. The molecular formula is C21H26F2N2O. The number of ether oxygens (including phenoxy) is 1. The lowest BCUT2D eigenvalue weighted by molar-refractivity contribution is 0.0181. The van der Waals surface area contributed by atoms with Crippen LogP contribution >= 0.6 is 0 Å². The van der Waals surface area contributed by atoms with E-state index in [4.69, 9.17) is 4.74 Å². The predicted octanol–water partition coefficient (Wildman–Crippen LogP) is 4.09. The molecule has 0 unspecified atom stereocenters. The summed E-state index contributed by atoms with van der Waals surface area (Å²) in [5.74, 6) is 0.783. The fourth-order valence-corrected chi connectivity index (χ4v) is 3.59. The van der Waals surface area contributed by atoms with Gasteiger partial charge >= 0.3 is 0 Å². The molecule has 1 N–H and O–H groups in total. The summed E-state index contributed by atoms with van der Waals surface area (Å²) in [5, 5.41) is 3.22. The van der Waals surface area contributed by atoms with Crippen LogP contribution in [0.3, 0.4) is 0 Å². The van der Waals surface area contributed by atoms with Crippen molar-refractivity contribution in [1.29, 1.82) is 0 Å². The van der Waals surface area contributed by atoms with E-state index in [1.165, 1.54) is 0 Å². The van der Waals surface area contributed by atoms with Gasteiger partial charge in [0.15, 0.2) is 0 Å². The minimum absolute atomic E-state index is 0.470. The molecule has 1 atom stereocenters. The number of halogens is 2. The van der Waals surface area contributed by atoms with Gasteiger partial charge < -0.3 is 10.1 Å². The van der Waals surface area contributed by atoms with Gasteiger partial charge in [0.25, 0.3) is 6.43 Å². The highest BCUT2D eigenvalue weighted by atomic mass is 19.3. The summed E-state index contributed by atoms with van der Waals surface area (Å²) < 4.78 is 33.6. The SMILES string of the molecule is Cc1cc([C@H](C(F)F)N2CCNCC2)cc(C)c1OCc1ccccc1. The van der Waals surface area contributed by atoms with Gasteiger partial charge in [-0.1, -0.05) is 42.5 Å². The second-order valence-corrected chi connectivity index (χ2v) is 6.82. The van der Waals surface area contributed by atoms with Crippen LogP contribution in [0.25, 0.3) is 0 Å². The van der Waals surface area contributed by atoms with Crippen LogP contribution in [-0.2, 0) is 6.61 Å². The second kappa shape index (κ2) is 8.60. The third kappa shape index (κ3) is 4.40. The summed E-state index contributed by atoms with van der Waals surface area (Å²) in [6, 6.07) is 12.8. The summed E-state index contributed by atoms with van der Waals surface area (Å²) in [6.45, 7) is 7.10. The van der Waals surface area contributed by atoms with Crippen LogP contribution in [-0.4, -0.2) is 37.5 Å². The van der Waals surface area contributed by atoms with Crippen molar-refractivity contribution in [1.82, 2.24) is 10.2 Å². The molecule has 2 aromatic carbocycles. The van der Waals surface area contributed by atoms with E-state index in [2.05, 4.69) is 5.32 Å². The van der Waals surface area contributed by atoms with E-state index in [1.807, 2.05) is 61.2 Å². The highest BCUT2D eigenvalue weighted by Gasteiger charge is 2.30. The van der Waals surface area contributed by atoms with Crippen LogP contribution in [0.4, 0.5) is 8.78 Å². The molecular weight excluding hydrogens is 334 g/mol. The maximum Gasteiger partial charge on any atom is 0.258 e. The largest absolute Gasteiger partial charge is 0.488 e. The average molecular weight is 360 g/mol. The fraction of sp³-hybridized carbons (Fsp3) is 0.429. The quantitative estimate of drug-likeness (QED) is 0.840. The second-order valence-electron chi connectivity index (χ2n) is 6.82. The van der Waals surface area contributed by atoms with E-state index >= 15 is 0 Å². The molecule has 26 heavy (non-hydrogen) atoms. The summed E-state index contributed by atoms with van der Waals surface area (Å²) in [7, 11) is 0. The number of nitrogens with one attached hydrogen (secondary N) is 1. The van der Waals surface area contributed by atoms with E-state index in [0.717, 1.165) is 35.5 Å². The van der Waals surface area contributed by atoms with Gasteiger partial charge in [-0.3, -0.25) is 4.90 Å². The van der Waals surface area contributed by atoms with Gasteiger partial charge in [-0.15, -0.1) is 0 Å². The smallest absolute Gasteiger partial charge is 0.258 e. The molecule has 1 fully saturated rings. The van der Waals surface area contributed by atoms with Crippen molar-refractivity contribution in [2.24, 2.45) is 0 Å². The maximum absolute atomic E-state index is 13.8. The van der Waals surface area contributed by atoms with Gasteiger partial charge in [-0.05, 0) is 36.1 Å². The van der Waals surface area contributed by atoms with Gasteiger partial charge in [-0.25, -0.2) is 8.78 Å². The first kappa shape index (κ1) is 18.8. The maximum atomic E-state index is 13.8. The molecule has 0 bridgehead atoms. The van der Waals surface area contributed by atoms with E-state index in [9.17, 15) is 8.78 Å². The van der Waals surface area contributed by atoms with Crippen molar-refractivity contribution in [3.8, 4) is 5.75 Å². The minimum Gasteiger partial charge on any atom is -0.488 e. The summed E-state index contributed by atoms with van der Waals surface area (Å²) in [5.41, 5.74) is 3.55. The van der Waals surface area contributed by atoms with Crippen LogP contribution < -0.4 is 10.1 Å². The van der Waals surface area contributed by atoms with E-state index < -0.39 is 12.5 Å². The summed E-state index contributed by atoms with van der Waals surface area (Å²) in [4.78, 5) is 1.87. The number of hydrogen-bond donors (Lipinski definition) is 1. The number of nitrogens with zero attached hydrogens (tertiary/aromatic N) is 1. The summed E-state index contributed by atoms with van der Waals surface area (Å²) in [6.07, 6.45) is -2.41. The van der Waals surface area contributed by atoms with Crippen LogP contribution in [0.2, 0.25) is 0 Å². The van der Waals surface area contributed by atoms with Gasteiger partial charge in [0.1, 0.15) is 12.4 Å². The Bertz CT molecular complexity index is 692. The highest BCUT2D eigenvalue weighted by molar-refractivity contribution is 5.44. The Morgan fingerprint density at radius 1 is 1.04 bits per heavy atom. The zero-order chi connectivity index (χ0) is 18.5. The Labute approximate surface area is 154 Å². The van der Waals surface area contributed by atoms with Gasteiger partial charge in [0.2, 0.25) is 0 Å². The van der Waals surface area contributed by atoms with E-state index in [0.29, 0.717) is 25.3 Å². The lowest BCUT2D eigenvalue weighted by Gasteiger charge is -2.35. The molecule has 0 radical (unpaired) electrons. The van der Waals surface area contributed by atoms with Crippen molar-refractivity contribution >= 4 is 0 Å². The van der Waals surface area contributed by atoms with Crippen molar-refractivity contribution < 1.29 is 13.5 Å². The lowest BCUT2D eigenvalue weighted by Crippen LogP contribution is -2.46. The molecule has 5 heteroatoms. The van der Waals surface area contributed by atoms with E-state index in [1.54, 1.807) is 0 Å². The molecule has 0 amide bonds. The Kier molecular flexibility index (Phi) is 6.22. The minimum atomic E-state index is -2.41. The third-order valence-electron chi connectivity index (χ3n) is 4.83. The molecule has 0 aliphatic carbocycles. The average Bonchev–Trinajstić information content (AvgIpc) is 2.63. The molecule has 1 heterocycles. The number of aryl methyl sites for hydroxylation is 2. The number of rotatable bonds is 6. The van der Waals surface area contributed by atoms with Crippen LogP contribution in [0.1, 0.15) is 28.3 Å². The van der Waals surface area contributed by atoms with Crippen molar-refractivity contribution in [2.45, 2.75) is 32.9 Å². The molecule has 1 aliphatic rings. The van der Waals surface area contributed by atoms with Crippen LogP contribution in [0.15, 0.2) is 42.5 Å². The van der Waals surface area contributed by atoms with Crippen molar-refractivity contribution in [3.63, 3.8) is 0 Å². The van der Waals surface area contributed by atoms with Gasteiger partial charge in [-0.2, -0.15) is 0 Å². The first-order valence-electron chi connectivity index (χ1n) is 9.07. The molecule has 3 rings (SSSR count). The summed E-state index contributed by atoms with van der Waals surface area (Å²) >= 11 is 0. The fourth-order valence-electron chi connectivity index (χ4n) is 3.59. The molecule has 0 spiro atoms. The monoisotopic (exact) mass is 360 g/mol. The number of benzene rings is 2. The third-order valence-corrected chi connectivity index (χ3v) is 4.83. The molecule has 2 aromatic rings. The lowest BCUT2D eigenvalue weighted by atomic mass is 9.98. The topological polar surface area (TPSA) is 24.5 Å². The Hall–Kier alpha value is -1.98.